The number of carbonyl (C=O) groups excluding carboxylic acids is 6. The van der Waals surface area contributed by atoms with Gasteiger partial charge in [0.2, 0.25) is 11.8 Å². The number of benzene rings is 1. The maximum atomic E-state index is 14.1. The van der Waals surface area contributed by atoms with Gasteiger partial charge in [-0.05, 0) is 24.6 Å². The summed E-state index contributed by atoms with van der Waals surface area (Å²) in [5.74, 6) is -3.32. The number of hydrogen-bond acceptors (Lipinski definition) is 22. The van der Waals surface area contributed by atoms with E-state index >= 15 is 0 Å². The minimum atomic E-state index is -1.05. The summed E-state index contributed by atoms with van der Waals surface area (Å²) >= 11 is 7.11. The van der Waals surface area contributed by atoms with Gasteiger partial charge in [-0.2, -0.15) is 0 Å². The van der Waals surface area contributed by atoms with E-state index in [4.69, 9.17) is 35.1 Å². The number of pyridine rings is 1. The highest BCUT2D eigenvalue weighted by molar-refractivity contribution is 7.16. The Labute approximate surface area is 432 Å². The third-order valence-electron chi connectivity index (χ3n) is 10.5. The van der Waals surface area contributed by atoms with Crippen molar-refractivity contribution in [3.05, 3.63) is 106 Å². The lowest BCUT2D eigenvalue weighted by Gasteiger charge is -2.26. The first-order valence-corrected chi connectivity index (χ1v) is 26.6. The Balaban J connectivity index is 1.14. The molecule has 5 amide bonds. The number of nitrogens with two attached hydrogens (primary N) is 1. The molecule has 0 fully saturated rings. The normalized spacial score (nSPS) is 15.7. The zero-order valence-corrected chi connectivity index (χ0v) is 43.0. The quantitative estimate of drug-likeness (QED) is 0.0875. The maximum Gasteiger partial charge on any atom is 0.303 e. The molecule has 21 nitrogen and oxygen atoms in total. The number of ether oxygens (including phenoxy) is 2. The first kappa shape index (κ1) is 49.7. The van der Waals surface area contributed by atoms with Crippen molar-refractivity contribution in [3.8, 4) is 43.4 Å². The third kappa shape index (κ3) is 11.0. The van der Waals surface area contributed by atoms with Gasteiger partial charge in [-0.3, -0.25) is 34.1 Å². The van der Waals surface area contributed by atoms with E-state index in [1.165, 1.54) is 66.4 Å². The Morgan fingerprint density at radius 3 is 2.24 bits per heavy atom. The Hall–Kier alpha value is -7.27. The van der Waals surface area contributed by atoms with Gasteiger partial charge in [0.05, 0.1) is 36.2 Å². The molecule has 7 aromatic heterocycles. The van der Waals surface area contributed by atoms with Crippen LogP contribution >= 0.6 is 68.0 Å². The molecule has 1 aliphatic heterocycles. The molecule has 7 N–H and O–H groups in total. The monoisotopic (exact) mass is 1080 g/mol. The Morgan fingerprint density at radius 2 is 1.49 bits per heavy atom. The van der Waals surface area contributed by atoms with Gasteiger partial charge in [0.1, 0.15) is 71.1 Å². The summed E-state index contributed by atoms with van der Waals surface area (Å²) in [5, 5.41) is 22.7. The van der Waals surface area contributed by atoms with Gasteiger partial charge >= 0.3 is 5.97 Å². The van der Waals surface area contributed by atoms with Crippen LogP contribution in [0.15, 0.2) is 64.0 Å². The van der Waals surface area contributed by atoms with E-state index in [0.29, 0.717) is 69.5 Å². The number of aromatic nitrogens is 7. The van der Waals surface area contributed by atoms with Crippen molar-refractivity contribution in [2.75, 3.05) is 31.8 Å². The van der Waals surface area contributed by atoms with Crippen molar-refractivity contribution < 1.29 is 38.2 Å². The SMILES string of the molecule is CNC(=O)C[C@@H]1NC(=O)c2csc(n2)-c2ccc(-c3nc(N)cs3)nc2-c2csc(n2)-c2csc(n2)[C@H]([C@@H](OC(C)=O)c2ccccc2)NC(=O)CNC(=O)c2nc(sc2COC)NC(=O)c2nc1sc2C. The fraction of sp³-hybridized carbons (Fsp3) is 0.222. The lowest BCUT2D eigenvalue weighted by atomic mass is 10.0. The van der Waals surface area contributed by atoms with Crippen LogP contribution in [0, 0.1) is 6.92 Å². The number of thiazole rings is 6. The molecule has 0 spiro atoms. The lowest BCUT2D eigenvalue weighted by Crippen LogP contribution is -2.41. The summed E-state index contributed by atoms with van der Waals surface area (Å²) in [4.78, 5) is 115. The van der Waals surface area contributed by atoms with Gasteiger partial charge in [-0.25, -0.2) is 34.9 Å². The molecular formula is C45H39N13O8S6. The van der Waals surface area contributed by atoms with E-state index in [1.54, 1.807) is 59.5 Å². The first-order valence-electron chi connectivity index (χ1n) is 21.4. The van der Waals surface area contributed by atoms with Gasteiger partial charge in [0.25, 0.3) is 17.7 Å². The second-order valence-electron chi connectivity index (χ2n) is 15.5. The van der Waals surface area contributed by atoms with Crippen LogP contribution < -0.4 is 32.3 Å². The molecule has 0 saturated heterocycles. The molecular weight excluding hydrogens is 1040 g/mol. The zero-order chi connectivity index (χ0) is 50.6. The number of hydrogen-bond donors (Lipinski definition) is 6. The van der Waals surface area contributed by atoms with E-state index < -0.39 is 60.2 Å². The molecule has 10 bridgehead atoms. The first-order chi connectivity index (χ1) is 34.7. The van der Waals surface area contributed by atoms with Crippen LogP contribution in [0.3, 0.4) is 0 Å². The zero-order valence-electron chi connectivity index (χ0n) is 38.1. The van der Waals surface area contributed by atoms with E-state index in [-0.39, 0.29) is 40.2 Å². The summed E-state index contributed by atoms with van der Waals surface area (Å²) in [6, 6.07) is 10.4. The van der Waals surface area contributed by atoms with Gasteiger partial charge in [0, 0.05) is 53.0 Å². The number of carbonyl (C=O) groups is 6. The van der Waals surface area contributed by atoms with Crippen LogP contribution in [0.25, 0.3) is 43.4 Å². The molecule has 8 heterocycles. The molecule has 27 heteroatoms. The summed E-state index contributed by atoms with van der Waals surface area (Å²) in [5.41, 5.74) is 8.91. The number of methoxy groups -OCH3 is 1. The molecule has 368 valence electrons. The number of rotatable bonds is 8. The number of nitrogens with zero attached hydrogens (tertiary/aromatic N) is 7. The van der Waals surface area contributed by atoms with Crippen molar-refractivity contribution in [3.63, 3.8) is 0 Å². The van der Waals surface area contributed by atoms with Crippen molar-refractivity contribution >= 4 is 114 Å². The van der Waals surface area contributed by atoms with Gasteiger partial charge in [-0.1, -0.05) is 41.7 Å². The fourth-order valence-electron chi connectivity index (χ4n) is 7.23. The predicted molar refractivity (Wildman–Crippen MR) is 274 cm³/mol. The molecule has 3 atom stereocenters. The van der Waals surface area contributed by atoms with Crippen molar-refractivity contribution in [2.45, 2.75) is 45.1 Å². The average Bonchev–Trinajstić information content (AvgIpc) is 4.24. The molecule has 1 aliphatic rings. The largest absolute Gasteiger partial charge is 0.455 e. The highest BCUT2D eigenvalue weighted by Gasteiger charge is 2.33. The molecule has 72 heavy (non-hydrogen) atoms. The van der Waals surface area contributed by atoms with Crippen molar-refractivity contribution in [1.82, 2.24) is 56.2 Å². The smallest absolute Gasteiger partial charge is 0.303 e. The number of fused-ring (bicyclic) bond motifs is 14. The van der Waals surface area contributed by atoms with Crippen LogP contribution in [0.2, 0.25) is 0 Å². The molecule has 1 aromatic carbocycles. The number of nitrogens with one attached hydrogen (secondary N) is 5. The number of anilines is 2. The number of amides is 5. The third-order valence-corrected chi connectivity index (χ3v) is 16.1. The van der Waals surface area contributed by atoms with Gasteiger partial charge in [-0.15, -0.1) is 56.7 Å². The molecule has 9 rings (SSSR count). The Bertz CT molecular complexity index is 3360. The molecule has 0 saturated carbocycles. The van der Waals surface area contributed by atoms with Crippen LogP contribution in [0.4, 0.5) is 10.9 Å². The molecule has 0 radical (unpaired) electrons. The topological polar surface area (TPSA) is 297 Å². The van der Waals surface area contributed by atoms with Crippen LogP contribution in [-0.2, 0) is 30.5 Å². The second kappa shape index (κ2) is 21.6. The van der Waals surface area contributed by atoms with Crippen LogP contribution in [0.5, 0.6) is 0 Å². The summed E-state index contributed by atoms with van der Waals surface area (Å²) in [6.45, 7) is 2.35. The standard InChI is InChI=1S/C45H39N13O8S6/c1-19-32-39(64)58-45-57-34(28(72-45)14-65-4)38(63)48-13-31(61)55-35(36(66-20(2)59)21-8-6-5-7-9-21)44-53-27(17-69-44)42-51-25(15-68-42)33-22(10-11-23(49-33)41-54-29(46)18-70-41)40-52-26(16-67-40)37(62)50-24(12-30(60)47-3)43(56-32)71-19/h5-11,15-18,24,35-36H,12-14,46H2,1-4H3,(H,47,60)(H,48,63)(H,50,62)(H,55,61)(H,57,58,64)/t24-,35-,36-/m0/s1. The van der Waals surface area contributed by atoms with Crippen molar-refractivity contribution in [2.24, 2.45) is 0 Å². The van der Waals surface area contributed by atoms with Crippen molar-refractivity contribution in [1.29, 1.82) is 0 Å². The minimum absolute atomic E-state index is 0.00000344. The lowest BCUT2D eigenvalue weighted by molar-refractivity contribution is -0.149. The maximum absolute atomic E-state index is 14.1. The summed E-state index contributed by atoms with van der Waals surface area (Å²) < 4.78 is 11.2. The van der Waals surface area contributed by atoms with Crippen LogP contribution in [-0.4, -0.2) is 91.1 Å². The minimum Gasteiger partial charge on any atom is -0.455 e. The number of nitrogen functional groups attached to an aromatic ring is 1. The summed E-state index contributed by atoms with van der Waals surface area (Å²) in [6.07, 6.45) is -1.26. The summed E-state index contributed by atoms with van der Waals surface area (Å²) in [7, 11) is 2.90. The molecule has 8 aromatic rings. The number of aryl methyl sites for hydroxylation is 1. The van der Waals surface area contributed by atoms with Gasteiger partial charge < -0.3 is 36.5 Å². The predicted octanol–water partition coefficient (Wildman–Crippen LogP) is 6.59. The van der Waals surface area contributed by atoms with Gasteiger partial charge in [0.15, 0.2) is 11.2 Å². The Kier molecular flexibility index (Phi) is 14.9. The van der Waals surface area contributed by atoms with E-state index in [2.05, 4.69) is 41.5 Å². The second-order valence-corrected chi connectivity index (χ2v) is 21.3. The highest BCUT2D eigenvalue weighted by atomic mass is 32.1. The van der Waals surface area contributed by atoms with Crippen LogP contribution in [0.1, 0.15) is 88.3 Å². The highest BCUT2D eigenvalue weighted by Crippen LogP contribution is 2.40. The number of esters is 1. The van der Waals surface area contributed by atoms with E-state index in [9.17, 15) is 28.8 Å². The average molecular weight is 1080 g/mol. The Morgan fingerprint density at radius 1 is 0.750 bits per heavy atom. The molecule has 0 unspecified atom stereocenters. The fourth-order valence-corrected chi connectivity index (χ4v) is 12.3. The molecule has 0 aliphatic carbocycles. The van der Waals surface area contributed by atoms with E-state index in [0.717, 1.165) is 22.7 Å². The van der Waals surface area contributed by atoms with E-state index in [1.807, 2.05) is 11.4 Å².